The Hall–Kier alpha value is -2.05. The molecule has 0 aliphatic rings. The fraction of sp³-hybridized carbons (Fsp3) is 0.556. The van der Waals surface area contributed by atoms with Gasteiger partial charge in [-0.25, -0.2) is 13.2 Å². The molecular weight excluding hydrogens is 465 g/mol. The highest BCUT2D eigenvalue weighted by atomic mass is 35.5. The summed E-state index contributed by atoms with van der Waals surface area (Å²) in [6, 6.07) is 3.04. The molecule has 0 aliphatic carbocycles. The van der Waals surface area contributed by atoms with Gasteiger partial charge in [0.2, 0.25) is 5.60 Å². The van der Waals surface area contributed by atoms with Crippen LogP contribution in [-0.2, 0) is 19.4 Å². The molecule has 31 heavy (non-hydrogen) atoms. The number of alkyl carbamates (subject to hydrolysis) is 1. The van der Waals surface area contributed by atoms with Crippen molar-refractivity contribution in [2.45, 2.75) is 56.4 Å². The van der Waals surface area contributed by atoms with Crippen LogP contribution in [0.1, 0.15) is 34.1 Å². The third-order valence-corrected chi connectivity index (χ3v) is 5.91. The molecule has 0 unspecified atom stereocenters. The molecule has 0 saturated carbocycles. The summed E-state index contributed by atoms with van der Waals surface area (Å²) in [6.45, 7) is 5.34. The van der Waals surface area contributed by atoms with Gasteiger partial charge in [0, 0.05) is 6.54 Å². The average molecular weight is 489 g/mol. The number of rotatable bonds is 7. The summed E-state index contributed by atoms with van der Waals surface area (Å²) in [5, 5.41) is 13.3. The monoisotopic (exact) mass is 488 g/mol. The van der Waals surface area contributed by atoms with Crippen molar-refractivity contribution in [1.82, 2.24) is 5.32 Å². The van der Waals surface area contributed by atoms with Crippen LogP contribution in [0.25, 0.3) is 0 Å². The van der Waals surface area contributed by atoms with E-state index >= 15 is 0 Å². The molecule has 8 nitrogen and oxygen atoms in total. The predicted molar refractivity (Wildman–Crippen MR) is 108 cm³/mol. The summed E-state index contributed by atoms with van der Waals surface area (Å²) in [5.41, 5.74) is -4.67. The summed E-state index contributed by atoms with van der Waals surface area (Å²) in [7, 11) is -3.83. The van der Waals surface area contributed by atoms with Gasteiger partial charge < -0.3 is 20.5 Å². The van der Waals surface area contributed by atoms with Crippen LogP contribution in [0.5, 0.6) is 0 Å². The van der Waals surface area contributed by atoms with Gasteiger partial charge >= 0.3 is 12.3 Å². The standard InChI is InChI=1S/C18H24ClF3N2O6S/c1-16(2,3)30-15(26)23-8-5-9-31(28,29)11-6-7-13(12(19)10-11)24-14(25)17(4,27)18(20,21)22/h6-7,10,27H,5,8-9H2,1-4H3,(H,23,26)(H,24,25)/t17-/m1/s1. The van der Waals surface area contributed by atoms with Crippen LogP contribution < -0.4 is 10.6 Å². The minimum absolute atomic E-state index is 0.0303. The predicted octanol–water partition coefficient (Wildman–Crippen LogP) is 3.28. The number of hydrogen-bond donors (Lipinski definition) is 3. The minimum atomic E-state index is -5.22. The number of sulfone groups is 1. The van der Waals surface area contributed by atoms with Crippen LogP contribution >= 0.6 is 11.6 Å². The van der Waals surface area contributed by atoms with Gasteiger partial charge in [0.15, 0.2) is 9.84 Å². The first-order chi connectivity index (χ1) is 13.9. The highest BCUT2D eigenvalue weighted by Crippen LogP contribution is 2.32. The Balaban J connectivity index is 2.77. The van der Waals surface area contributed by atoms with E-state index in [1.807, 2.05) is 5.32 Å². The maximum Gasteiger partial charge on any atom is 0.426 e. The molecule has 0 aromatic heterocycles. The molecule has 1 rings (SSSR count). The number of anilines is 1. The molecule has 0 saturated heterocycles. The Morgan fingerprint density at radius 3 is 2.23 bits per heavy atom. The summed E-state index contributed by atoms with van der Waals surface area (Å²) < 4.78 is 68.0. The fourth-order valence-electron chi connectivity index (χ4n) is 2.05. The van der Waals surface area contributed by atoms with Crippen molar-refractivity contribution in [1.29, 1.82) is 0 Å². The normalized spacial score (nSPS) is 14.5. The summed E-state index contributed by atoms with van der Waals surface area (Å²) in [6.07, 6.45) is -5.85. The lowest BCUT2D eigenvalue weighted by atomic mass is 10.1. The second kappa shape index (κ2) is 9.61. The Morgan fingerprint density at radius 1 is 1.16 bits per heavy atom. The highest BCUT2D eigenvalue weighted by Gasteiger charge is 2.55. The molecule has 2 amide bonds. The van der Waals surface area contributed by atoms with Crippen molar-refractivity contribution in [3.05, 3.63) is 23.2 Å². The van der Waals surface area contributed by atoms with Crippen molar-refractivity contribution >= 4 is 39.1 Å². The number of halogens is 4. The van der Waals surface area contributed by atoms with E-state index in [4.69, 9.17) is 16.3 Å². The lowest BCUT2D eigenvalue weighted by Gasteiger charge is -2.25. The summed E-state index contributed by atoms with van der Waals surface area (Å²) in [4.78, 5) is 23.0. The number of benzene rings is 1. The average Bonchev–Trinajstić information content (AvgIpc) is 2.57. The Morgan fingerprint density at radius 2 is 1.74 bits per heavy atom. The van der Waals surface area contributed by atoms with E-state index in [2.05, 4.69) is 5.32 Å². The molecule has 0 fully saturated rings. The molecular formula is C18H24ClF3N2O6S. The van der Waals surface area contributed by atoms with Crippen LogP contribution in [0.2, 0.25) is 5.02 Å². The molecule has 176 valence electrons. The lowest BCUT2D eigenvalue weighted by molar-refractivity contribution is -0.242. The first-order valence-electron chi connectivity index (χ1n) is 8.96. The van der Waals surface area contributed by atoms with Gasteiger partial charge in [-0.3, -0.25) is 4.79 Å². The van der Waals surface area contributed by atoms with E-state index in [-0.39, 0.29) is 41.2 Å². The van der Waals surface area contributed by atoms with Crippen molar-refractivity contribution in [3.63, 3.8) is 0 Å². The number of carbonyl (C=O) groups excluding carboxylic acids is 2. The van der Waals surface area contributed by atoms with Crippen molar-refractivity contribution in [3.8, 4) is 0 Å². The largest absolute Gasteiger partial charge is 0.444 e. The van der Waals surface area contributed by atoms with Crippen LogP contribution in [-0.4, -0.2) is 55.2 Å². The van der Waals surface area contributed by atoms with Crippen LogP contribution in [0, 0.1) is 0 Å². The van der Waals surface area contributed by atoms with Gasteiger partial charge in [-0.1, -0.05) is 11.6 Å². The Bertz CT molecular complexity index is 927. The number of carbonyl (C=O) groups is 2. The summed E-state index contributed by atoms with van der Waals surface area (Å²) >= 11 is 5.89. The third-order valence-electron chi connectivity index (χ3n) is 3.80. The topological polar surface area (TPSA) is 122 Å². The number of amides is 2. The van der Waals surface area contributed by atoms with E-state index < -0.39 is 39.2 Å². The van der Waals surface area contributed by atoms with E-state index in [1.54, 1.807) is 20.8 Å². The maximum atomic E-state index is 12.7. The van der Waals surface area contributed by atoms with Crippen molar-refractivity contribution < 1.29 is 41.0 Å². The molecule has 0 heterocycles. The number of ether oxygens (including phenoxy) is 1. The molecule has 13 heteroatoms. The van der Waals surface area contributed by atoms with E-state index in [0.29, 0.717) is 0 Å². The number of nitrogens with one attached hydrogen (secondary N) is 2. The van der Waals surface area contributed by atoms with Gasteiger partial charge in [0.05, 0.1) is 21.4 Å². The van der Waals surface area contributed by atoms with Gasteiger partial charge in [-0.2, -0.15) is 13.2 Å². The van der Waals surface area contributed by atoms with Gasteiger partial charge in [-0.05, 0) is 52.3 Å². The van der Waals surface area contributed by atoms with Crippen molar-refractivity contribution in [2.75, 3.05) is 17.6 Å². The zero-order valence-corrected chi connectivity index (χ0v) is 18.8. The van der Waals surface area contributed by atoms with Gasteiger partial charge in [0.1, 0.15) is 5.60 Å². The van der Waals surface area contributed by atoms with Crippen LogP contribution in [0.3, 0.4) is 0 Å². The molecule has 1 atom stereocenters. The number of hydrogen-bond acceptors (Lipinski definition) is 6. The third kappa shape index (κ3) is 7.86. The zero-order valence-electron chi connectivity index (χ0n) is 17.3. The number of alkyl halides is 3. The van der Waals surface area contributed by atoms with E-state index in [1.165, 1.54) is 0 Å². The number of aliphatic hydroxyl groups is 1. The molecule has 1 aromatic carbocycles. The molecule has 0 bridgehead atoms. The van der Waals surface area contributed by atoms with Crippen molar-refractivity contribution in [2.24, 2.45) is 0 Å². The highest BCUT2D eigenvalue weighted by molar-refractivity contribution is 7.91. The van der Waals surface area contributed by atoms with E-state index in [0.717, 1.165) is 18.2 Å². The molecule has 0 radical (unpaired) electrons. The van der Waals surface area contributed by atoms with Gasteiger partial charge in [0.25, 0.3) is 5.91 Å². The molecule has 0 aliphatic heterocycles. The Labute approximate surface area is 183 Å². The quantitative estimate of drug-likeness (QED) is 0.506. The Kier molecular flexibility index (Phi) is 8.37. The first-order valence-corrected chi connectivity index (χ1v) is 11.0. The second-order valence-electron chi connectivity index (χ2n) is 7.77. The molecule has 3 N–H and O–H groups in total. The fourth-order valence-corrected chi connectivity index (χ4v) is 3.67. The van der Waals surface area contributed by atoms with E-state index in [9.17, 15) is 36.3 Å². The first kappa shape index (κ1) is 27.0. The van der Waals surface area contributed by atoms with Gasteiger partial charge in [-0.15, -0.1) is 0 Å². The smallest absolute Gasteiger partial charge is 0.426 e. The summed E-state index contributed by atoms with van der Waals surface area (Å²) in [5.74, 6) is -2.13. The van der Waals surface area contributed by atoms with Crippen LogP contribution in [0.15, 0.2) is 23.1 Å². The minimum Gasteiger partial charge on any atom is -0.444 e. The van der Waals surface area contributed by atoms with Crippen LogP contribution in [0.4, 0.5) is 23.7 Å². The molecule has 0 spiro atoms. The lowest BCUT2D eigenvalue weighted by Crippen LogP contribution is -2.52. The SMILES string of the molecule is CC(C)(C)OC(=O)NCCCS(=O)(=O)c1ccc(NC(=O)[C@@](C)(O)C(F)(F)F)c(Cl)c1. The second-order valence-corrected chi connectivity index (χ2v) is 10.3. The zero-order chi connectivity index (χ0) is 24.3. The maximum absolute atomic E-state index is 12.7. The molecule has 1 aromatic rings.